The predicted octanol–water partition coefficient (Wildman–Crippen LogP) is 7.30. The number of hydrogen-bond acceptors (Lipinski definition) is 5. The van der Waals surface area contributed by atoms with Gasteiger partial charge < -0.3 is 25.0 Å². The van der Waals surface area contributed by atoms with Crippen LogP contribution in [0.2, 0.25) is 0 Å². The SMILES string of the molecule is Cc1c(O)cccc1N(c1ccc(Oc2ccc(O)c(C)c2C)cc1)c1cccc(O)c1C. The van der Waals surface area contributed by atoms with Crippen LogP contribution in [0, 0.1) is 27.7 Å². The van der Waals surface area contributed by atoms with E-state index in [1.807, 2.05) is 69.0 Å². The lowest BCUT2D eigenvalue weighted by Crippen LogP contribution is -2.12. The van der Waals surface area contributed by atoms with Crippen LogP contribution in [0.15, 0.2) is 72.8 Å². The van der Waals surface area contributed by atoms with E-state index in [0.717, 1.165) is 39.3 Å². The fourth-order valence-electron chi connectivity index (χ4n) is 3.80. The number of rotatable bonds is 5. The molecule has 4 aromatic rings. The fourth-order valence-corrected chi connectivity index (χ4v) is 3.80. The molecule has 4 aromatic carbocycles. The van der Waals surface area contributed by atoms with Gasteiger partial charge in [-0.2, -0.15) is 0 Å². The molecule has 0 aliphatic carbocycles. The summed E-state index contributed by atoms with van der Waals surface area (Å²) in [5, 5.41) is 30.5. The van der Waals surface area contributed by atoms with Crippen LogP contribution in [0.25, 0.3) is 0 Å². The Morgan fingerprint density at radius 1 is 0.545 bits per heavy atom. The molecule has 0 amide bonds. The first-order valence-electron chi connectivity index (χ1n) is 10.7. The van der Waals surface area contributed by atoms with Gasteiger partial charge >= 0.3 is 0 Å². The molecular weight excluding hydrogens is 414 g/mol. The number of benzene rings is 4. The van der Waals surface area contributed by atoms with Crippen molar-refractivity contribution in [3.63, 3.8) is 0 Å². The highest BCUT2D eigenvalue weighted by molar-refractivity contribution is 5.82. The average molecular weight is 442 g/mol. The van der Waals surface area contributed by atoms with Gasteiger partial charge in [-0.05, 0) is 99.5 Å². The van der Waals surface area contributed by atoms with Crippen molar-refractivity contribution in [2.24, 2.45) is 0 Å². The zero-order valence-electron chi connectivity index (χ0n) is 19.1. The third kappa shape index (κ3) is 4.17. The highest BCUT2D eigenvalue weighted by atomic mass is 16.5. The molecule has 0 atom stereocenters. The second-order valence-electron chi connectivity index (χ2n) is 8.11. The van der Waals surface area contributed by atoms with Crippen molar-refractivity contribution in [1.29, 1.82) is 0 Å². The Kier molecular flexibility index (Phi) is 5.88. The monoisotopic (exact) mass is 441 g/mol. The summed E-state index contributed by atoms with van der Waals surface area (Å²) in [6.45, 7) is 7.50. The summed E-state index contributed by atoms with van der Waals surface area (Å²) >= 11 is 0. The molecule has 0 heterocycles. The van der Waals surface area contributed by atoms with E-state index in [1.54, 1.807) is 36.4 Å². The number of hydrogen-bond donors (Lipinski definition) is 3. The van der Waals surface area contributed by atoms with Crippen LogP contribution < -0.4 is 9.64 Å². The van der Waals surface area contributed by atoms with Crippen molar-refractivity contribution in [2.75, 3.05) is 4.90 Å². The van der Waals surface area contributed by atoms with Crippen molar-refractivity contribution >= 4 is 17.1 Å². The fraction of sp³-hybridized carbons (Fsp3) is 0.143. The number of ether oxygens (including phenoxy) is 1. The molecule has 0 bridgehead atoms. The van der Waals surface area contributed by atoms with E-state index >= 15 is 0 Å². The lowest BCUT2D eigenvalue weighted by molar-refractivity contribution is 0.457. The van der Waals surface area contributed by atoms with Gasteiger partial charge in [0.05, 0.1) is 11.4 Å². The van der Waals surface area contributed by atoms with Gasteiger partial charge in [0.15, 0.2) is 0 Å². The molecule has 3 N–H and O–H groups in total. The maximum atomic E-state index is 10.3. The van der Waals surface area contributed by atoms with Gasteiger partial charge in [-0.25, -0.2) is 0 Å². The van der Waals surface area contributed by atoms with Crippen molar-refractivity contribution < 1.29 is 20.1 Å². The van der Waals surface area contributed by atoms with Crippen LogP contribution in [0.4, 0.5) is 17.1 Å². The molecule has 0 saturated heterocycles. The molecule has 0 aliphatic rings. The lowest BCUT2D eigenvalue weighted by atomic mass is 10.1. The third-order valence-corrected chi connectivity index (χ3v) is 6.07. The largest absolute Gasteiger partial charge is 0.508 e. The van der Waals surface area contributed by atoms with Gasteiger partial charge in [0.25, 0.3) is 0 Å². The van der Waals surface area contributed by atoms with Crippen molar-refractivity contribution in [1.82, 2.24) is 0 Å². The topological polar surface area (TPSA) is 73.2 Å². The first kappa shape index (κ1) is 22.1. The van der Waals surface area contributed by atoms with Gasteiger partial charge in [0, 0.05) is 16.8 Å². The molecule has 0 aromatic heterocycles. The van der Waals surface area contributed by atoms with Gasteiger partial charge in [-0.15, -0.1) is 0 Å². The van der Waals surface area contributed by atoms with E-state index in [4.69, 9.17) is 4.74 Å². The van der Waals surface area contributed by atoms with Crippen LogP contribution in [0.1, 0.15) is 22.3 Å². The minimum Gasteiger partial charge on any atom is -0.508 e. The van der Waals surface area contributed by atoms with E-state index in [0.29, 0.717) is 11.5 Å². The van der Waals surface area contributed by atoms with Gasteiger partial charge in [0.2, 0.25) is 0 Å². The standard InChI is InChI=1S/C28H27NO4/c1-17-18(2)28(16-15-27(17)32)33-22-13-11-21(12-14-22)29(23-7-5-9-25(30)19(23)3)24-8-6-10-26(31)20(24)4/h5-16,30-32H,1-4H3. The first-order valence-corrected chi connectivity index (χ1v) is 10.7. The minimum absolute atomic E-state index is 0.202. The van der Waals surface area contributed by atoms with Crippen LogP contribution in [-0.2, 0) is 0 Å². The van der Waals surface area contributed by atoms with Crippen LogP contribution in [0.3, 0.4) is 0 Å². The second kappa shape index (κ2) is 8.79. The summed E-state index contributed by atoms with van der Waals surface area (Å²) < 4.78 is 6.07. The molecule has 168 valence electrons. The molecule has 0 fully saturated rings. The minimum atomic E-state index is 0.202. The van der Waals surface area contributed by atoms with Gasteiger partial charge in [0.1, 0.15) is 28.7 Å². The lowest BCUT2D eigenvalue weighted by Gasteiger charge is -2.29. The third-order valence-electron chi connectivity index (χ3n) is 6.07. The van der Waals surface area contributed by atoms with Gasteiger partial charge in [-0.3, -0.25) is 0 Å². The molecule has 0 unspecified atom stereocenters. The predicted molar refractivity (Wildman–Crippen MR) is 132 cm³/mol. The number of anilines is 3. The molecule has 5 heteroatoms. The number of nitrogens with zero attached hydrogens (tertiary/aromatic N) is 1. The molecule has 0 aliphatic heterocycles. The highest BCUT2D eigenvalue weighted by Crippen LogP contribution is 2.42. The Balaban J connectivity index is 1.76. The summed E-state index contributed by atoms with van der Waals surface area (Å²) in [5.74, 6) is 1.99. The normalized spacial score (nSPS) is 10.8. The Labute approximate surface area is 193 Å². The second-order valence-corrected chi connectivity index (χ2v) is 8.11. The van der Waals surface area contributed by atoms with E-state index in [-0.39, 0.29) is 17.2 Å². The molecule has 5 nitrogen and oxygen atoms in total. The van der Waals surface area contributed by atoms with Crippen molar-refractivity contribution in [3.8, 4) is 28.7 Å². The van der Waals surface area contributed by atoms with Crippen molar-refractivity contribution in [3.05, 3.63) is 95.1 Å². The smallest absolute Gasteiger partial charge is 0.130 e. The van der Waals surface area contributed by atoms with Gasteiger partial charge in [-0.1, -0.05) is 12.1 Å². The summed E-state index contributed by atoms with van der Waals surface area (Å²) in [6, 6.07) is 21.8. The number of aromatic hydroxyl groups is 3. The summed E-state index contributed by atoms with van der Waals surface area (Å²) in [5.41, 5.74) is 5.60. The molecule has 0 saturated carbocycles. The maximum absolute atomic E-state index is 10.3. The van der Waals surface area contributed by atoms with E-state index in [9.17, 15) is 15.3 Å². The first-order chi connectivity index (χ1) is 15.8. The number of phenols is 3. The summed E-state index contributed by atoms with van der Waals surface area (Å²) in [4.78, 5) is 2.00. The zero-order chi connectivity index (χ0) is 23.7. The molecule has 0 radical (unpaired) electrons. The zero-order valence-corrected chi connectivity index (χ0v) is 19.1. The van der Waals surface area contributed by atoms with Crippen molar-refractivity contribution in [2.45, 2.75) is 27.7 Å². The molecule has 33 heavy (non-hydrogen) atoms. The number of phenolic OH excluding ortho intramolecular Hbond substituents is 3. The highest BCUT2D eigenvalue weighted by Gasteiger charge is 2.19. The Bertz CT molecular complexity index is 1260. The Hall–Kier alpha value is -4.12. The molecule has 4 rings (SSSR count). The van der Waals surface area contributed by atoms with Crippen LogP contribution >= 0.6 is 0 Å². The van der Waals surface area contributed by atoms with Crippen LogP contribution in [-0.4, -0.2) is 15.3 Å². The Morgan fingerprint density at radius 3 is 1.61 bits per heavy atom. The van der Waals surface area contributed by atoms with E-state index in [2.05, 4.69) is 0 Å². The van der Waals surface area contributed by atoms with Crippen LogP contribution in [0.5, 0.6) is 28.7 Å². The quantitative estimate of drug-likeness (QED) is 0.303. The summed E-state index contributed by atoms with van der Waals surface area (Å²) in [6.07, 6.45) is 0. The average Bonchev–Trinajstić information content (AvgIpc) is 2.81. The maximum Gasteiger partial charge on any atom is 0.130 e. The Morgan fingerprint density at radius 2 is 1.06 bits per heavy atom. The summed E-state index contributed by atoms with van der Waals surface area (Å²) in [7, 11) is 0. The molecule has 0 spiro atoms. The van der Waals surface area contributed by atoms with E-state index < -0.39 is 0 Å². The van der Waals surface area contributed by atoms with E-state index in [1.165, 1.54) is 0 Å². The molecular formula is C28H27NO4.